The van der Waals surface area contributed by atoms with Crippen LogP contribution in [0, 0.1) is 26.6 Å². The maximum absolute atomic E-state index is 12.8. The first-order chi connectivity index (χ1) is 7.59. The van der Waals surface area contributed by atoms with Gasteiger partial charge in [-0.25, -0.2) is 4.39 Å². The Morgan fingerprint density at radius 1 is 0.938 bits per heavy atom. The summed E-state index contributed by atoms with van der Waals surface area (Å²) in [7, 11) is 0. The molecule has 0 unspecified atom stereocenters. The predicted molar refractivity (Wildman–Crippen MR) is 63.8 cm³/mol. The van der Waals surface area contributed by atoms with Gasteiger partial charge in [0.2, 0.25) is 0 Å². The Morgan fingerprint density at radius 2 is 1.56 bits per heavy atom. The van der Waals surface area contributed by atoms with E-state index in [0.717, 1.165) is 16.8 Å². The SMILES string of the molecule is Cc1cnc(-c2ccc(F)cc2)c(C)c1C. The molecule has 1 heterocycles. The van der Waals surface area contributed by atoms with Gasteiger partial charge in [-0.15, -0.1) is 0 Å². The van der Waals surface area contributed by atoms with Crippen molar-refractivity contribution in [1.82, 2.24) is 4.98 Å². The molecule has 82 valence electrons. The minimum Gasteiger partial charge on any atom is -0.256 e. The third-order valence-electron chi connectivity index (χ3n) is 3.01. The van der Waals surface area contributed by atoms with Crippen molar-refractivity contribution >= 4 is 0 Å². The average Bonchev–Trinajstić information content (AvgIpc) is 2.28. The van der Waals surface area contributed by atoms with Gasteiger partial charge in [0, 0.05) is 11.8 Å². The summed E-state index contributed by atoms with van der Waals surface area (Å²) in [6.45, 7) is 6.18. The molecule has 0 saturated heterocycles. The van der Waals surface area contributed by atoms with Gasteiger partial charge in [0.15, 0.2) is 0 Å². The second-order valence-corrected chi connectivity index (χ2v) is 4.05. The van der Waals surface area contributed by atoms with E-state index >= 15 is 0 Å². The zero-order chi connectivity index (χ0) is 11.7. The second-order valence-electron chi connectivity index (χ2n) is 4.05. The number of hydrogen-bond donors (Lipinski definition) is 0. The van der Waals surface area contributed by atoms with Crippen molar-refractivity contribution in [2.75, 3.05) is 0 Å². The smallest absolute Gasteiger partial charge is 0.123 e. The van der Waals surface area contributed by atoms with Crippen LogP contribution in [0.5, 0.6) is 0 Å². The summed E-state index contributed by atoms with van der Waals surface area (Å²) in [5.41, 5.74) is 5.48. The summed E-state index contributed by atoms with van der Waals surface area (Å²) < 4.78 is 12.8. The highest BCUT2D eigenvalue weighted by Gasteiger charge is 2.07. The normalized spacial score (nSPS) is 10.5. The number of aryl methyl sites for hydroxylation is 1. The fourth-order valence-electron chi connectivity index (χ4n) is 1.73. The Kier molecular flexibility index (Phi) is 2.73. The first-order valence-corrected chi connectivity index (χ1v) is 5.28. The van der Waals surface area contributed by atoms with Gasteiger partial charge in [0.25, 0.3) is 0 Å². The molecule has 1 nitrogen and oxygen atoms in total. The van der Waals surface area contributed by atoms with Gasteiger partial charge in [-0.1, -0.05) is 0 Å². The van der Waals surface area contributed by atoms with Crippen LogP contribution in [0.25, 0.3) is 11.3 Å². The third kappa shape index (κ3) is 1.83. The van der Waals surface area contributed by atoms with Crippen LogP contribution in [0.1, 0.15) is 16.7 Å². The lowest BCUT2D eigenvalue weighted by Gasteiger charge is -2.10. The van der Waals surface area contributed by atoms with Crippen LogP contribution in [0.15, 0.2) is 30.5 Å². The lowest BCUT2D eigenvalue weighted by Crippen LogP contribution is -1.94. The molecule has 16 heavy (non-hydrogen) atoms. The van der Waals surface area contributed by atoms with Gasteiger partial charge < -0.3 is 0 Å². The van der Waals surface area contributed by atoms with E-state index in [4.69, 9.17) is 0 Å². The van der Waals surface area contributed by atoms with Crippen molar-refractivity contribution in [1.29, 1.82) is 0 Å². The Labute approximate surface area is 95.0 Å². The van der Waals surface area contributed by atoms with Crippen molar-refractivity contribution in [3.8, 4) is 11.3 Å². The van der Waals surface area contributed by atoms with E-state index in [1.54, 1.807) is 12.1 Å². The Hall–Kier alpha value is -1.70. The standard InChI is InChI=1S/C14H14FN/c1-9-8-16-14(11(3)10(9)2)12-4-6-13(15)7-5-12/h4-8H,1-3H3. The van der Waals surface area contributed by atoms with Gasteiger partial charge in [-0.05, 0) is 61.7 Å². The van der Waals surface area contributed by atoms with E-state index < -0.39 is 0 Å². The molecular weight excluding hydrogens is 201 g/mol. The first kappa shape index (κ1) is 10.8. The van der Waals surface area contributed by atoms with Crippen LogP contribution < -0.4 is 0 Å². The van der Waals surface area contributed by atoms with Crippen molar-refractivity contribution < 1.29 is 4.39 Å². The number of rotatable bonds is 1. The van der Waals surface area contributed by atoms with Crippen molar-refractivity contribution in [2.24, 2.45) is 0 Å². The van der Waals surface area contributed by atoms with Crippen LogP contribution >= 0.6 is 0 Å². The summed E-state index contributed by atoms with van der Waals surface area (Å²) in [4.78, 5) is 4.42. The topological polar surface area (TPSA) is 12.9 Å². The van der Waals surface area contributed by atoms with Crippen LogP contribution in [0.3, 0.4) is 0 Å². The molecule has 0 radical (unpaired) electrons. The molecule has 0 saturated carbocycles. The summed E-state index contributed by atoms with van der Waals surface area (Å²) in [6, 6.07) is 6.45. The molecule has 0 atom stereocenters. The van der Waals surface area contributed by atoms with Gasteiger partial charge in [-0.2, -0.15) is 0 Å². The average molecular weight is 215 g/mol. The molecule has 1 aromatic carbocycles. The Bertz CT molecular complexity index is 515. The fourth-order valence-corrected chi connectivity index (χ4v) is 1.73. The first-order valence-electron chi connectivity index (χ1n) is 5.28. The largest absolute Gasteiger partial charge is 0.256 e. The quantitative estimate of drug-likeness (QED) is 0.704. The van der Waals surface area contributed by atoms with E-state index in [1.165, 1.54) is 23.3 Å². The van der Waals surface area contributed by atoms with E-state index in [2.05, 4.69) is 11.9 Å². The van der Waals surface area contributed by atoms with Gasteiger partial charge >= 0.3 is 0 Å². The molecule has 0 N–H and O–H groups in total. The lowest BCUT2D eigenvalue weighted by atomic mass is 10.0. The van der Waals surface area contributed by atoms with Crippen molar-refractivity contribution in [2.45, 2.75) is 20.8 Å². The molecule has 0 spiro atoms. The molecule has 0 aliphatic rings. The molecule has 2 heteroatoms. The Balaban J connectivity index is 2.57. The maximum Gasteiger partial charge on any atom is 0.123 e. The monoisotopic (exact) mass is 215 g/mol. The summed E-state index contributed by atoms with van der Waals surface area (Å²) in [6.07, 6.45) is 1.86. The number of aromatic nitrogens is 1. The third-order valence-corrected chi connectivity index (χ3v) is 3.01. The summed E-state index contributed by atoms with van der Waals surface area (Å²) >= 11 is 0. The zero-order valence-corrected chi connectivity index (χ0v) is 9.71. The second kappa shape index (κ2) is 4.05. The van der Waals surface area contributed by atoms with Gasteiger partial charge in [0.05, 0.1) is 5.69 Å². The highest BCUT2D eigenvalue weighted by molar-refractivity contribution is 5.64. The number of nitrogens with zero attached hydrogens (tertiary/aromatic N) is 1. The van der Waals surface area contributed by atoms with Gasteiger partial charge in [0.1, 0.15) is 5.82 Å². The van der Waals surface area contributed by atoms with E-state index in [0.29, 0.717) is 0 Å². The number of hydrogen-bond acceptors (Lipinski definition) is 1. The predicted octanol–water partition coefficient (Wildman–Crippen LogP) is 3.81. The minimum atomic E-state index is -0.217. The van der Waals surface area contributed by atoms with E-state index in [9.17, 15) is 4.39 Å². The van der Waals surface area contributed by atoms with Crippen LogP contribution in [-0.2, 0) is 0 Å². The van der Waals surface area contributed by atoms with E-state index in [1.807, 2.05) is 20.0 Å². The molecule has 0 amide bonds. The zero-order valence-electron chi connectivity index (χ0n) is 9.71. The molecule has 1 aromatic heterocycles. The van der Waals surface area contributed by atoms with Crippen LogP contribution in [-0.4, -0.2) is 4.98 Å². The molecule has 0 aliphatic heterocycles. The number of pyridine rings is 1. The Morgan fingerprint density at radius 3 is 2.19 bits per heavy atom. The fraction of sp³-hybridized carbons (Fsp3) is 0.214. The van der Waals surface area contributed by atoms with Crippen molar-refractivity contribution in [3.63, 3.8) is 0 Å². The van der Waals surface area contributed by atoms with Crippen LogP contribution in [0.2, 0.25) is 0 Å². The molecule has 2 aromatic rings. The minimum absolute atomic E-state index is 0.217. The maximum atomic E-state index is 12.8. The highest BCUT2D eigenvalue weighted by Crippen LogP contribution is 2.24. The molecule has 0 aliphatic carbocycles. The molecule has 0 bridgehead atoms. The highest BCUT2D eigenvalue weighted by atomic mass is 19.1. The van der Waals surface area contributed by atoms with Crippen LogP contribution in [0.4, 0.5) is 4.39 Å². The number of benzene rings is 1. The summed E-state index contributed by atoms with van der Waals surface area (Å²) in [5, 5.41) is 0. The lowest BCUT2D eigenvalue weighted by molar-refractivity contribution is 0.628. The van der Waals surface area contributed by atoms with Crippen molar-refractivity contribution in [3.05, 3.63) is 53.0 Å². The molecular formula is C14H14FN. The van der Waals surface area contributed by atoms with Gasteiger partial charge in [-0.3, -0.25) is 4.98 Å². The van der Waals surface area contributed by atoms with E-state index in [-0.39, 0.29) is 5.82 Å². The number of halogens is 1. The molecule has 2 rings (SSSR count). The molecule has 0 fully saturated rings. The summed E-state index contributed by atoms with van der Waals surface area (Å²) in [5.74, 6) is -0.217.